The summed E-state index contributed by atoms with van der Waals surface area (Å²) in [7, 11) is 0. The normalized spacial score (nSPS) is 11.3. The van der Waals surface area contributed by atoms with Gasteiger partial charge in [0.1, 0.15) is 0 Å². The summed E-state index contributed by atoms with van der Waals surface area (Å²) < 4.78 is 0. The zero-order valence-corrected chi connectivity index (χ0v) is 9.65. The Balaban J connectivity index is -0.0000000675. The van der Waals surface area contributed by atoms with Crippen LogP contribution in [-0.4, -0.2) is 55.5 Å². The number of aliphatic hydroxyl groups excluding tert-OH is 2. The third-order valence-electron chi connectivity index (χ3n) is 0.805. The van der Waals surface area contributed by atoms with Crippen molar-refractivity contribution < 1.29 is 70.5 Å². The van der Waals surface area contributed by atoms with E-state index in [4.69, 9.17) is 20.4 Å². The van der Waals surface area contributed by atoms with Gasteiger partial charge in [-0.1, -0.05) is 0 Å². The molecular formula is C4H12NNaO8. The Morgan fingerprint density at radius 3 is 1.07 bits per heavy atom. The van der Waals surface area contributed by atoms with Gasteiger partial charge < -0.3 is 37.5 Å². The van der Waals surface area contributed by atoms with Crippen LogP contribution in [0.3, 0.4) is 0 Å². The molecule has 2 unspecified atom stereocenters. The van der Waals surface area contributed by atoms with E-state index in [0.717, 1.165) is 0 Å². The number of aliphatic hydroxyl groups is 2. The summed E-state index contributed by atoms with van der Waals surface area (Å²) in [6.07, 6.45) is -4.53. The summed E-state index contributed by atoms with van der Waals surface area (Å²) in [5.74, 6) is -3.54. The molecule has 14 heavy (non-hydrogen) atoms. The maximum absolute atomic E-state index is 9.77. The zero-order valence-electron chi connectivity index (χ0n) is 7.65. The van der Waals surface area contributed by atoms with E-state index in [1.54, 1.807) is 0 Å². The Morgan fingerprint density at radius 2 is 1.00 bits per heavy atom. The third kappa shape index (κ3) is 9.83. The van der Waals surface area contributed by atoms with Crippen LogP contribution >= 0.6 is 0 Å². The van der Waals surface area contributed by atoms with E-state index < -0.39 is 24.1 Å². The molecule has 9 nitrogen and oxygen atoms in total. The molecule has 0 aliphatic heterocycles. The fourth-order valence-corrected chi connectivity index (χ4v) is 0.270. The van der Waals surface area contributed by atoms with E-state index >= 15 is 0 Å². The standard InChI is InChI=1S/C4H6O6.H3N.Na.2H2O/c5-1(3(7)8)2(6)4(9)10;;;;/h1-2,5-6H,(H,7,8)(H,9,10);1H3;;2*1H2/q;;+1;;/p-1. The summed E-state index contributed by atoms with van der Waals surface area (Å²) in [6, 6.07) is 0. The average Bonchev–Trinajstić information content (AvgIpc) is 1.84. The SMILES string of the molecule is O=C(O)C(O)C(O)C(=O)O.[NH4+].[Na+].[OH-].[OH-]. The van der Waals surface area contributed by atoms with E-state index in [-0.39, 0.29) is 46.7 Å². The van der Waals surface area contributed by atoms with Gasteiger partial charge in [0, 0.05) is 0 Å². The number of hydrogen-bond donors (Lipinski definition) is 5. The monoisotopic (exact) mass is 225 g/mol. The first kappa shape index (κ1) is 29.2. The average molecular weight is 225 g/mol. The van der Waals surface area contributed by atoms with Gasteiger partial charge in [0.15, 0.2) is 12.2 Å². The van der Waals surface area contributed by atoms with Gasteiger partial charge >= 0.3 is 41.5 Å². The van der Waals surface area contributed by atoms with Crippen LogP contribution in [0.25, 0.3) is 0 Å². The first-order valence-corrected chi connectivity index (χ1v) is 2.28. The molecule has 0 amide bonds. The van der Waals surface area contributed by atoms with Crippen molar-refractivity contribution in [2.75, 3.05) is 0 Å². The predicted octanol–water partition coefficient (Wildman–Crippen LogP) is -5.10. The summed E-state index contributed by atoms with van der Waals surface area (Å²) in [5, 5.41) is 32.5. The smallest absolute Gasteiger partial charge is 0.870 e. The Hall–Kier alpha value is -0.260. The number of aliphatic carboxylic acids is 2. The van der Waals surface area contributed by atoms with E-state index in [2.05, 4.69) is 0 Å². The quantitative estimate of drug-likeness (QED) is 0.292. The molecule has 10 heteroatoms. The fraction of sp³-hybridized carbons (Fsp3) is 0.500. The molecule has 10 N–H and O–H groups in total. The van der Waals surface area contributed by atoms with Crippen LogP contribution in [-0.2, 0) is 9.59 Å². The topological polar surface area (TPSA) is 212 Å². The van der Waals surface area contributed by atoms with E-state index in [9.17, 15) is 9.59 Å². The second-order valence-corrected chi connectivity index (χ2v) is 1.57. The molecular weight excluding hydrogens is 213 g/mol. The minimum atomic E-state index is -2.27. The molecule has 82 valence electrons. The van der Waals surface area contributed by atoms with Gasteiger partial charge in [-0.15, -0.1) is 0 Å². The second kappa shape index (κ2) is 12.7. The van der Waals surface area contributed by atoms with Gasteiger partial charge in [0.2, 0.25) is 0 Å². The third-order valence-corrected chi connectivity index (χ3v) is 0.805. The minimum absolute atomic E-state index is 0. The van der Waals surface area contributed by atoms with Gasteiger partial charge in [-0.25, -0.2) is 9.59 Å². The first-order chi connectivity index (χ1) is 4.46. The number of hydrogen-bond acceptors (Lipinski definition) is 6. The van der Waals surface area contributed by atoms with Crippen molar-refractivity contribution in [1.29, 1.82) is 0 Å². The van der Waals surface area contributed by atoms with Gasteiger partial charge in [0.25, 0.3) is 0 Å². The van der Waals surface area contributed by atoms with Crippen molar-refractivity contribution in [3.8, 4) is 0 Å². The maximum Gasteiger partial charge on any atom is 1.00 e. The van der Waals surface area contributed by atoms with Crippen LogP contribution in [0, 0.1) is 0 Å². The molecule has 0 saturated heterocycles. The van der Waals surface area contributed by atoms with Crippen LogP contribution in [0.15, 0.2) is 0 Å². The molecule has 0 bridgehead atoms. The number of rotatable bonds is 3. The number of quaternary nitrogens is 1. The van der Waals surface area contributed by atoms with Crippen molar-refractivity contribution in [3.63, 3.8) is 0 Å². The van der Waals surface area contributed by atoms with Gasteiger partial charge in [0.05, 0.1) is 0 Å². The summed E-state index contributed by atoms with van der Waals surface area (Å²) in [6.45, 7) is 0. The Kier molecular flexibility index (Phi) is 26.6. The van der Waals surface area contributed by atoms with Gasteiger partial charge in [-0.2, -0.15) is 0 Å². The van der Waals surface area contributed by atoms with E-state index in [1.165, 1.54) is 0 Å². The Morgan fingerprint density at radius 1 is 0.857 bits per heavy atom. The number of carbonyl (C=O) groups is 2. The molecule has 0 spiro atoms. The van der Waals surface area contributed by atoms with Crippen LogP contribution in [0.5, 0.6) is 0 Å². The van der Waals surface area contributed by atoms with Crippen molar-refractivity contribution in [2.24, 2.45) is 0 Å². The second-order valence-electron chi connectivity index (χ2n) is 1.57. The maximum atomic E-state index is 9.77. The van der Waals surface area contributed by atoms with Crippen molar-refractivity contribution >= 4 is 11.9 Å². The van der Waals surface area contributed by atoms with Gasteiger partial charge in [-0.05, 0) is 0 Å². The van der Waals surface area contributed by atoms with Crippen molar-refractivity contribution in [1.82, 2.24) is 6.15 Å². The molecule has 0 saturated carbocycles. The predicted molar refractivity (Wildman–Crippen MR) is 37.1 cm³/mol. The van der Waals surface area contributed by atoms with Crippen LogP contribution in [0.1, 0.15) is 0 Å². The summed E-state index contributed by atoms with van der Waals surface area (Å²) >= 11 is 0. The molecule has 0 aliphatic rings. The fourth-order valence-electron chi connectivity index (χ4n) is 0.270. The Bertz CT molecular complexity index is 145. The molecule has 0 aliphatic carbocycles. The molecule has 0 aromatic heterocycles. The van der Waals surface area contributed by atoms with Crippen LogP contribution in [0.4, 0.5) is 0 Å². The number of carboxylic acids is 2. The van der Waals surface area contributed by atoms with Crippen LogP contribution < -0.4 is 35.7 Å². The Labute approximate surface area is 101 Å². The van der Waals surface area contributed by atoms with Crippen molar-refractivity contribution in [3.05, 3.63) is 0 Å². The molecule has 0 aromatic carbocycles. The molecule has 2 atom stereocenters. The molecule has 0 fully saturated rings. The molecule has 0 radical (unpaired) electrons. The number of carboxylic acid groups (broad SMARTS) is 2. The largest absolute Gasteiger partial charge is 1.00 e. The summed E-state index contributed by atoms with van der Waals surface area (Å²) in [4.78, 5) is 19.5. The minimum Gasteiger partial charge on any atom is -0.870 e. The van der Waals surface area contributed by atoms with Gasteiger partial charge in [-0.3, -0.25) is 0 Å². The van der Waals surface area contributed by atoms with E-state index in [1.807, 2.05) is 0 Å². The molecule has 0 heterocycles. The summed E-state index contributed by atoms with van der Waals surface area (Å²) in [5.41, 5.74) is 0. The van der Waals surface area contributed by atoms with E-state index in [0.29, 0.717) is 0 Å². The van der Waals surface area contributed by atoms with Crippen molar-refractivity contribution in [2.45, 2.75) is 12.2 Å². The first-order valence-electron chi connectivity index (χ1n) is 2.28. The molecule has 0 rings (SSSR count). The molecule has 0 aromatic rings. The van der Waals surface area contributed by atoms with Crippen LogP contribution in [0.2, 0.25) is 0 Å². The zero-order chi connectivity index (χ0) is 8.31.